The lowest BCUT2D eigenvalue weighted by Crippen LogP contribution is -2.29. The Balaban J connectivity index is 1.22. The first-order chi connectivity index (χ1) is 17.6. The van der Waals surface area contributed by atoms with E-state index in [1.54, 1.807) is 48.5 Å². The summed E-state index contributed by atoms with van der Waals surface area (Å²) in [5.74, 6) is -0.225. The standard InChI is InChI=1S/C26H26ClN3O5S2/c27-20-5-12-24(13-6-20)37(34,35)30-16-15-19-4-7-22(17-25(19)30)28-26(31)14-3-18-1-10-23(11-2-18)36(32,33)29-21-8-9-21/h1-2,4-7,10-13,17,21,29H,3,8-9,14-16H2,(H,28,31). The molecule has 1 aliphatic carbocycles. The van der Waals surface area contributed by atoms with Crippen LogP contribution in [0.2, 0.25) is 5.02 Å². The van der Waals surface area contributed by atoms with Crippen LogP contribution in [0.4, 0.5) is 11.4 Å². The smallest absolute Gasteiger partial charge is 0.264 e. The topological polar surface area (TPSA) is 113 Å². The van der Waals surface area contributed by atoms with Crippen LogP contribution in [0.5, 0.6) is 0 Å². The van der Waals surface area contributed by atoms with Crippen molar-refractivity contribution in [1.29, 1.82) is 0 Å². The molecule has 0 unspecified atom stereocenters. The first-order valence-electron chi connectivity index (χ1n) is 11.9. The molecule has 8 nitrogen and oxygen atoms in total. The molecule has 11 heteroatoms. The van der Waals surface area contributed by atoms with Crippen LogP contribution in [0.25, 0.3) is 0 Å². The van der Waals surface area contributed by atoms with Crippen molar-refractivity contribution in [3.63, 3.8) is 0 Å². The zero-order chi connectivity index (χ0) is 26.2. The lowest BCUT2D eigenvalue weighted by molar-refractivity contribution is -0.116. The number of nitrogens with one attached hydrogen (secondary N) is 2. The zero-order valence-corrected chi connectivity index (χ0v) is 22.2. The van der Waals surface area contributed by atoms with Crippen LogP contribution < -0.4 is 14.3 Å². The summed E-state index contributed by atoms with van der Waals surface area (Å²) < 4.78 is 55.0. The molecule has 0 radical (unpaired) electrons. The van der Waals surface area contributed by atoms with Gasteiger partial charge in [-0.2, -0.15) is 0 Å². The number of hydrogen-bond acceptors (Lipinski definition) is 5. The maximum Gasteiger partial charge on any atom is 0.264 e. The Morgan fingerprint density at radius 1 is 0.919 bits per heavy atom. The minimum absolute atomic E-state index is 0.0391. The van der Waals surface area contributed by atoms with Gasteiger partial charge in [-0.1, -0.05) is 29.8 Å². The summed E-state index contributed by atoms with van der Waals surface area (Å²) in [6.07, 6.45) is 2.94. The van der Waals surface area contributed by atoms with E-state index in [0.29, 0.717) is 35.8 Å². The number of sulfonamides is 2. The largest absolute Gasteiger partial charge is 0.326 e. The molecule has 5 rings (SSSR count). The maximum absolute atomic E-state index is 13.2. The van der Waals surface area contributed by atoms with Crippen LogP contribution in [0, 0.1) is 0 Å². The quantitative estimate of drug-likeness (QED) is 0.410. The molecule has 1 aliphatic heterocycles. The predicted molar refractivity (Wildman–Crippen MR) is 143 cm³/mol. The number of amides is 1. The Morgan fingerprint density at radius 2 is 1.59 bits per heavy atom. The fourth-order valence-electron chi connectivity index (χ4n) is 4.22. The first-order valence-corrected chi connectivity index (χ1v) is 15.2. The molecule has 2 aliphatic rings. The minimum Gasteiger partial charge on any atom is -0.326 e. The van der Waals surface area contributed by atoms with Crippen molar-refractivity contribution in [3.8, 4) is 0 Å². The van der Waals surface area contributed by atoms with E-state index in [9.17, 15) is 21.6 Å². The van der Waals surface area contributed by atoms with Gasteiger partial charge in [0, 0.05) is 29.7 Å². The Morgan fingerprint density at radius 3 is 2.27 bits per heavy atom. The first kappa shape index (κ1) is 25.7. The summed E-state index contributed by atoms with van der Waals surface area (Å²) in [6.45, 7) is 0.319. The number of fused-ring (bicyclic) bond motifs is 1. The molecular weight excluding hydrogens is 534 g/mol. The summed E-state index contributed by atoms with van der Waals surface area (Å²) in [7, 11) is -7.27. The maximum atomic E-state index is 13.2. The highest BCUT2D eigenvalue weighted by Gasteiger charge is 2.31. The monoisotopic (exact) mass is 559 g/mol. The third-order valence-electron chi connectivity index (χ3n) is 6.40. The highest BCUT2D eigenvalue weighted by atomic mass is 35.5. The molecule has 0 bridgehead atoms. The van der Waals surface area contributed by atoms with Gasteiger partial charge in [0.25, 0.3) is 10.0 Å². The predicted octanol–water partition coefficient (Wildman–Crippen LogP) is 4.10. The number of aryl methyl sites for hydroxylation is 1. The average Bonchev–Trinajstić information content (AvgIpc) is 3.56. The number of benzene rings is 3. The van der Waals surface area contributed by atoms with Crippen LogP contribution >= 0.6 is 11.6 Å². The van der Waals surface area contributed by atoms with Crippen LogP contribution in [-0.4, -0.2) is 35.3 Å². The van der Waals surface area contributed by atoms with Crippen molar-refractivity contribution in [3.05, 3.63) is 82.9 Å². The van der Waals surface area contributed by atoms with Crippen LogP contribution in [-0.2, 0) is 37.7 Å². The van der Waals surface area contributed by atoms with Gasteiger partial charge in [0.05, 0.1) is 15.5 Å². The van der Waals surface area contributed by atoms with Gasteiger partial charge in [-0.25, -0.2) is 21.6 Å². The Labute approximate surface area is 221 Å². The van der Waals surface area contributed by atoms with E-state index in [1.165, 1.54) is 16.4 Å². The molecule has 1 fully saturated rings. The summed E-state index contributed by atoms with van der Waals surface area (Å²) >= 11 is 5.90. The van der Waals surface area contributed by atoms with E-state index >= 15 is 0 Å². The average molecular weight is 560 g/mol. The molecule has 0 atom stereocenters. The van der Waals surface area contributed by atoms with Crippen LogP contribution in [0.1, 0.15) is 30.4 Å². The normalized spacial score (nSPS) is 15.4. The fraction of sp³-hybridized carbons (Fsp3) is 0.269. The van der Waals surface area contributed by atoms with Crippen LogP contribution in [0.3, 0.4) is 0 Å². The van der Waals surface area contributed by atoms with E-state index in [0.717, 1.165) is 24.0 Å². The van der Waals surface area contributed by atoms with Crippen molar-refractivity contribution in [2.24, 2.45) is 0 Å². The second kappa shape index (κ2) is 10.1. The van der Waals surface area contributed by atoms with Gasteiger partial charge in [-0.15, -0.1) is 0 Å². The summed E-state index contributed by atoms with van der Waals surface area (Å²) in [5, 5.41) is 3.30. The van der Waals surface area contributed by atoms with Gasteiger partial charge < -0.3 is 5.32 Å². The molecule has 194 valence electrons. The number of hydrogen-bond donors (Lipinski definition) is 2. The number of anilines is 2. The summed E-state index contributed by atoms with van der Waals surface area (Å²) in [5.41, 5.74) is 2.79. The van der Waals surface area contributed by atoms with Gasteiger partial charge in [-0.3, -0.25) is 9.10 Å². The number of carbonyl (C=O) groups excluding carboxylic acids is 1. The van der Waals surface area contributed by atoms with Crippen molar-refractivity contribution in [1.82, 2.24) is 4.72 Å². The number of carbonyl (C=O) groups is 1. The van der Waals surface area contributed by atoms with Crippen molar-refractivity contribution in [2.45, 2.75) is 47.9 Å². The van der Waals surface area contributed by atoms with E-state index < -0.39 is 20.0 Å². The highest BCUT2D eigenvalue weighted by Crippen LogP contribution is 2.35. The number of rotatable bonds is 9. The molecule has 0 saturated heterocycles. The highest BCUT2D eigenvalue weighted by molar-refractivity contribution is 7.92. The molecule has 0 aromatic heterocycles. The number of halogens is 1. The zero-order valence-electron chi connectivity index (χ0n) is 19.9. The van der Waals surface area contributed by atoms with E-state index in [-0.39, 0.29) is 28.2 Å². The summed E-state index contributed by atoms with van der Waals surface area (Å²) in [4.78, 5) is 13.0. The summed E-state index contributed by atoms with van der Waals surface area (Å²) in [6, 6.07) is 17.9. The molecule has 3 aromatic carbocycles. The van der Waals surface area contributed by atoms with E-state index in [4.69, 9.17) is 11.6 Å². The van der Waals surface area contributed by atoms with Crippen LogP contribution in [0.15, 0.2) is 76.5 Å². The molecule has 1 amide bonds. The molecule has 3 aromatic rings. The van der Waals surface area contributed by atoms with Gasteiger partial charge in [0.1, 0.15) is 0 Å². The van der Waals surface area contributed by atoms with E-state index in [1.807, 2.05) is 6.07 Å². The second-order valence-electron chi connectivity index (χ2n) is 9.21. The second-order valence-corrected chi connectivity index (χ2v) is 13.2. The number of nitrogens with zero attached hydrogens (tertiary/aromatic N) is 1. The Hall–Kier alpha value is -2.92. The molecule has 0 spiro atoms. The third kappa shape index (κ3) is 5.82. The molecule has 2 N–H and O–H groups in total. The van der Waals surface area contributed by atoms with E-state index in [2.05, 4.69) is 10.0 Å². The molecule has 1 heterocycles. The Bertz CT molecular complexity index is 1540. The molecule has 37 heavy (non-hydrogen) atoms. The third-order valence-corrected chi connectivity index (χ3v) is 10.0. The molecule has 1 saturated carbocycles. The van der Waals surface area contributed by atoms with Crippen molar-refractivity contribution >= 4 is 48.9 Å². The Kier molecular flexibility index (Phi) is 7.01. The SMILES string of the molecule is O=C(CCc1ccc(S(=O)(=O)NC2CC2)cc1)Nc1ccc2c(c1)N(S(=O)(=O)c1ccc(Cl)cc1)CC2. The van der Waals surface area contributed by atoms with Crippen molar-refractivity contribution < 1.29 is 21.6 Å². The lowest BCUT2D eigenvalue weighted by atomic mass is 10.1. The van der Waals surface area contributed by atoms with Gasteiger partial charge in [-0.05, 0) is 85.3 Å². The molecular formula is C26H26ClN3O5S2. The van der Waals surface area contributed by atoms with Gasteiger partial charge in [0.15, 0.2) is 0 Å². The minimum atomic E-state index is -3.76. The van der Waals surface area contributed by atoms with Gasteiger partial charge >= 0.3 is 0 Å². The fourth-order valence-corrected chi connectivity index (χ4v) is 7.14. The lowest BCUT2D eigenvalue weighted by Gasteiger charge is -2.20. The van der Waals surface area contributed by atoms with Gasteiger partial charge in [0.2, 0.25) is 15.9 Å². The van der Waals surface area contributed by atoms with Crippen molar-refractivity contribution in [2.75, 3.05) is 16.2 Å².